The number of halogens is 1. The summed E-state index contributed by atoms with van der Waals surface area (Å²) in [5, 5.41) is 4.91. The van der Waals surface area contributed by atoms with Crippen LogP contribution in [0.25, 0.3) is 11.1 Å². The maximum absolute atomic E-state index is 12.4. The zero-order valence-corrected chi connectivity index (χ0v) is 15.2. The third kappa shape index (κ3) is 4.38. The van der Waals surface area contributed by atoms with Crippen molar-refractivity contribution in [2.24, 2.45) is 5.10 Å². The molecule has 130 valence electrons. The second-order valence-electron chi connectivity index (χ2n) is 5.81. The number of amides is 1. The lowest BCUT2D eigenvalue weighted by molar-refractivity contribution is 0.0955. The van der Waals surface area contributed by atoms with E-state index in [4.69, 9.17) is 11.6 Å². The van der Waals surface area contributed by atoms with Crippen molar-refractivity contribution < 1.29 is 4.79 Å². The Morgan fingerprint density at radius 3 is 2.23 bits per heavy atom. The summed E-state index contributed by atoms with van der Waals surface area (Å²) in [5.74, 6) is -0.238. The van der Waals surface area contributed by atoms with Crippen LogP contribution in [0.3, 0.4) is 0 Å². The number of carbonyl (C=O) groups is 1. The molecule has 0 aliphatic heterocycles. The summed E-state index contributed by atoms with van der Waals surface area (Å²) in [5.41, 5.74) is 7.07. The van der Waals surface area contributed by atoms with Crippen molar-refractivity contribution in [3.8, 4) is 11.1 Å². The van der Waals surface area contributed by atoms with Gasteiger partial charge in [0.1, 0.15) is 0 Å². The molecule has 0 saturated carbocycles. The number of hydrogen-bond acceptors (Lipinski definition) is 2. The molecule has 26 heavy (non-hydrogen) atoms. The first kappa shape index (κ1) is 17.9. The zero-order chi connectivity index (χ0) is 18.4. The molecular weight excluding hydrogens is 344 g/mol. The topological polar surface area (TPSA) is 41.5 Å². The third-order valence-electron chi connectivity index (χ3n) is 4.04. The van der Waals surface area contributed by atoms with Gasteiger partial charge in [0, 0.05) is 10.6 Å². The molecule has 3 nitrogen and oxygen atoms in total. The summed E-state index contributed by atoms with van der Waals surface area (Å²) >= 11 is 6.03. The normalized spacial score (nSPS) is 11.2. The van der Waals surface area contributed by atoms with Crippen LogP contribution in [0, 0.1) is 0 Å². The fourth-order valence-electron chi connectivity index (χ4n) is 2.64. The summed E-state index contributed by atoms with van der Waals surface area (Å²) in [6, 6.07) is 25.0. The van der Waals surface area contributed by atoms with Crippen LogP contribution < -0.4 is 5.43 Å². The van der Waals surface area contributed by atoms with Gasteiger partial charge < -0.3 is 0 Å². The molecule has 0 heterocycles. The SMILES string of the molecule is CCC(=NNC(=O)c1ccc(-c2ccccc2)cc1)c1cccc(Cl)c1. The molecule has 3 aromatic rings. The Hall–Kier alpha value is -2.91. The first-order valence-electron chi connectivity index (χ1n) is 8.45. The second kappa shape index (κ2) is 8.45. The Kier molecular flexibility index (Phi) is 5.82. The minimum Gasteiger partial charge on any atom is -0.267 e. The number of nitrogens with zero attached hydrogens (tertiary/aromatic N) is 1. The minimum atomic E-state index is -0.238. The Bertz CT molecular complexity index is 918. The van der Waals surface area contributed by atoms with E-state index in [0.717, 1.165) is 22.4 Å². The Labute approximate surface area is 158 Å². The fraction of sp³-hybridized carbons (Fsp3) is 0.0909. The average Bonchev–Trinajstić information content (AvgIpc) is 2.69. The van der Waals surface area contributed by atoms with Crippen molar-refractivity contribution in [3.05, 3.63) is 95.0 Å². The zero-order valence-electron chi connectivity index (χ0n) is 14.4. The number of hydrazone groups is 1. The van der Waals surface area contributed by atoms with Crippen LogP contribution in [0.15, 0.2) is 84.0 Å². The van der Waals surface area contributed by atoms with Gasteiger partial charge in [-0.2, -0.15) is 5.10 Å². The highest BCUT2D eigenvalue weighted by atomic mass is 35.5. The van der Waals surface area contributed by atoms with Crippen LogP contribution in [0.1, 0.15) is 29.3 Å². The van der Waals surface area contributed by atoms with Gasteiger partial charge in [-0.3, -0.25) is 4.79 Å². The molecule has 0 aliphatic rings. The van der Waals surface area contributed by atoms with Crippen molar-refractivity contribution >= 4 is 23.2 Å². The average molecular weight is 363 g/mol. The van der Waals surface area contributed by atoms with Crippen molar-refractivity contribution in [2.75, 3.05) is 0 Å². The molecule has 1 amide bonds. The van der Waals surface area contributed by atoms with Gasteiger partial charge in [-0.15, -0.1) is 0 Å². The van der Waals surface area contributed by atoms with Crippen molar-refractivity contribution in [2.45, 2.75) is 13.3 Å². The molecule has 0 aliphatic carbocycles. The largest absolute Gasteiger partial charge is 0.271 e. The lowest BCUT2D eigenvalue weighted by Gasteiger charge is -2.07. The van der Waals surface area contributed by atoms with E-state index in [-0.39, 0.29) is 5.91 Å². The number of hydrogen-bond donors (Lipinski definition) is 1. The molecule has 0 aromatic heterocycles. The van der Waals surface area contributed by atoms with Gasteiger partial charge in [-0.1, -0.05) is 73.1 Å². The lowest BCUT2D eigenvalue weighted by atomic mass is 10.0. The van der Waals surface area contributed by atoms with E-state index in [0.29, 0.717) is 17.0 Å². The van der Waals surface area contributed by atoms with Crippen LogP contribution in [0.4, 0.5) is 0 Å². The number of nitrogens with one attached hydrogen (secondary N) is 1. The molecule has 1 N–H and O–H groups in total. The summed E-state index contributed by atoms with van der Waals surface area (Å²) < 4.78 is 0. The first-order chi connectivity index (χ1) is 12.7. The molecule has 0 fully saturated rings. The van der Waals surface area contributed by atoms with Crippen molar-refractivity contribution in [1.29, 1.82) is 0 Å². The van der Waals surface area contributed by atoms with Crippen LogP contribution in [0.2, 0.25) is 5.02 Å². The van der Waals surface area contributed by atoms with E-state index >= 15 is 0 Å². The summed E-state index contributed by atoms with van der Waals surface area (Å²) in [6.45, 7) is 1.99. The van der Waals surface area contributed by atoms with E-state index in [1.165, 1.54) is 0 Å². The Balaban J connectivity index is 1.73. The fourth-order valence-corrected chi connectivity index (χ4v) is 2.83. The van der Waals surface area contributed by atoms with E-state index in [2.05, 4.69) is 10.5 Å². The molecule has 0 bridgehead atoms. The highest BCUT2D eigenvalue weighted by molar-refractivity contribution is 6.31. The van der Waals surface area contributed by atoms with Crippen LogP contribution in [-0.2, 0) is 0 Å². The predicted molar refractivity (Wildman–Crippen MR) is 108 cm³/mol. The Morgan fingerprint density at radius 1 is 0.885 bits per heavy atom. The molecule has 3 aromatic carbocycles. The summed E-state index contributed by atoms with van der Waals surface area (Å²) in [7, 11) is 0. The highest BCUT2D eigenvalue weighted by Crippen LogP contribution is 2.19. The van der Waals surface area contributed by atoms with Crippen LogP contribution in [0.5, 0.6) is 0 Å². The number of carbonyl (C=O) groups excluding carboxylic acids is 1. The standard InChI is InChI=1S/C22H19ClN2O/c1-2-21(19-9-6-10-20(23)15-19)24-25-22(26)18-13-11-17(12-14-18)16-7-4-3-5-8-16/h3-15H,2H2,1H3,(H,25,26). The van der Waals surface area contributed by atoms with Crippen molar-refractivity contribution in [1.82, 2.24) is 5.43 Å². The smallest absolute Gasteiger partial charge is 0.267 e. The highest BCUT2D eigenvalue weighted by Gasteiger charge is 2.07. The van der Waals surface area contributed by atoms with E-state index in [1.54, 1.807) is 12.1 Å². The van der Waals surface area contributed by atoms with Gasteiger partial charge >= 0.3 is 0 Å². The second-order valence-corrected chi connectivity index (χ2v) is 6.24. The van der Waals surface area contributed by atoms with E-state index < -0.39 is 0 Å². The van der Waals surface area contributed by atoms with Gasteiger partial charge in [-0.05, 0) is 47.4 Å². The van der Waals surface area contributed by atoms with Gasteiger partial charge in [0.15, 0.2) is 0 Å². The maximum Gasteiger partial charge on any atom is 0.271 e. The molecule has 0 unspecified atom stereocenters. The van der Waals surface area contributed by atoms with Crippen LogP contribution >= 0.6 is 11.6 Å². The number of rotatable bonds is 5. The molecule has 0 radical (unpaired) electrons. The molecular formula is C22H19ClN2O. The monoisotopic (exact) mass is 362 g/mol. The first-order valence-corrected chi connectivity index (χ1v) is 8.83. The quantitative estimate of drug-likeness (QED) is 0.469. The van der Waals surface area contributed by atoms with E-state index in [9.17, 15) is 4.79 Å². The summed E-state index contributed by atoms with van der Waals surface area (Å²) in [6.07, 6.45) is 0.688. The van der Waals surface area contributed by atoms with Gasteiger partial charge in [0.25, 0.3) is 5.91 Å². The predicted octanol–water partition coefficient (Wildman–Crippen LogP) is 5.55. The maximum atomic E-state index is 12.4. The van der Waals surface area contributed by atoms with Gasteiger partial charge in [0.2, 0.25) is 0 Å². The summed E-state index contributed by atoms with van der Waals surface area (Å²) in [4.78, 5) is 12.4. The molecule has 0 spiro atoms. The molecule has 0 saturated heterocycles. The third-order valence-corrected chi connectivity index (χ3v) is 4.27. The van der Waals surface area contributed by atoms with Crippen LogP contribution in [-0.4, -0.2) is 11.6 Å². The minimum absolute atomic E-state index is 0.238. The molecule has 0 atom stereocenters. The van der Waals surface area contributed by atoms with Gasteiger partial charge in [0.05, 0.1) is 5.71 Å². The molecule has 4 heteroatoms. The number of benzene rings is 3. The van der Waals surface area contributed by atoms with E-state index in [1.807, 2.05) is 73.7 Å². The van der Waals surface area contributed by atoms with Gasteiger partial charge in [-0.25, -0.2) is 5.43 Å². The Morgan fingerprint density at radius 2 is 1.58 bits per heavy atom. The molecule has 3 rings (SSSR count). The van der Waals surface area contributed by atoms with Crippen molar-refractivity contribution in [3.63, 3.8) is 0 Å². The lowest BCUT2D eigenvalue weighted by Crippen LogP contribution is -2.19.